The highest BCUT2D eigenvalue weighted by atomic mass is 16.6. The molecule has 1 aliphatic rings. The number of nitrogens with zero attached hydrogens (tertiary/aromatic N) is 2. The van der Waals surface area contributed by atoms with Crippen molar-refractivity contribution in [3.63, 3.8) is 0 Å². The van der Waals surface area contributed by atoms with E-state index >= 15 is 0 Å². The smallest absolute Gasteiger partial charge is 0.410 e. The molecule has 0 saturated carbocycles. The van der Waals surface area contributed by atoms with E-state index < -0.39 is 5.60 Å². The van der Waals surface area contributed by atoms with Crippen molar-refractivity contribution in [1.82, 2.24) is 20.4 Å². The molecular formula is C23H36N4O4. The van der Waals surface area contributed by atoms with Crippen LogP contribution < -0.4 is 10.6 Å². The Morgan fingerprint density at radius 1 is 1.06 bits per heavy atom. The second-order valence-corrected chi connectivity index (χ2v) is 8.96. The molecule has 1 fully saturated rings. The van der Waals surface area contributed by atoms with Crippen molar-refractivity contribution < 1.29 is 19.1 Å². The molecule has 1 atom stereocenters. The Hall–Kier alpha value is -2.61. The topological polar surface area (TPSA) is 91.0 Å². The fraction of sp³-hybridized carbons (Fsp3) is 0.609. The molecule has 8 heteroatoms. The number of benzene rings is 1. The van der Waals surface area contributed by atoms with Gasteiger partial charge in [-0.2, -0.15) is 0 Å². The summed E-state index contributed by atoms with van der Waals surface area (Å²) in [5.74, 6) is -0.248. The van der Waals surface area contributed by atoms with Gasteiger partial charge < -0.3 is 20.3 Å². The van der Waals surface area contributed by atoms with Gasteiger partial charge in [0.25, 0.3) is 5.91 Å². The quantitative estimate of drug-likeness (QED) is 0.615. The van der Waals surface area contributed by atoms with Crippen LogP contribution in [-0.2, 0) is 9.53 Å². The van der Waals surface area contributed by atoms with Gasteiger partial charge in [-0.05, 0) is 52.8 Å². The van der Waals surface area contributed by atoms with Crippen LogP contribution in [0.3, 0.4) is 0 Å². The van der Waals surface area contributed by atoms with E-state index in [2.05, 4.69) is 15.5 Å². The summed E-state index contributed by atoms with van der Waals surface area (Å²) in [6, 6.07) is 8.72. The van der Waals surface area contributed by atoms with Gasteiger partial charge in [-0.1, -0.05) is 18.2 Å². The Morgan fingerprint density at radius 3 is 2.32 bits per heavy atom. The van der Waals surface area contributed by atoms with E-state index in [-0.39, 0.29) is 30.4 Å². The van der Waals surface area contributed by atoms with E-state index in [1.165, 1.54) is 0 Å². The van der Waals surface area contributed by atoms with Crippen LogP contribution >= 0.6 is 0 Å². The van der Waals surface area contributed by atoms with E-state index in [0.29, 0.717) is 25.2 Å². The zero-order valence-electron chi connectivity index (χ0n) is 19.1. The molecule has 0 bridgehead atoms. The largest absolute Gasteiger partial charge is 0.444 e. The van der Waals surface area contributed by atoms with E-state index in [1.54, 1.807) is 17.0 Å². The number of carbonyl (C=O) groups excluding carboxylic acids is 3. The molecule has 2 rings (SSSR count). The highest BCUT2D eigenvalue weighted by molar-refractivity contribution is 5.94. The minimum Gasteiger partial charge on any atom is -0.444 e. The van der Waals surface area contributed by atoms with Gasteiger partial charge in [0.15, 0.2) is 0 Å². The van der Waals surface area contributed by atoms with Crippen LogP contribution in [0.2, 0.25) is 0 Å². The van der Waals surface area contributed by atoms with Crippen molar-refractivity contribution in [1.29, 1.82) is 0 Å². The van der Waals surface area contributed by atoms with Crippen LogP contribution in [0.15, 0.2) is 30.3 Å². The summed E-state index contributed by atoms with van der Waals surface area (Å²) in [5, 5.41) is 5.76. The maximum absolute atomic E-state index is 12.1. The van der Waals surface area contributed by atoms with Gasteiger partial charge in [0.1, 0.15) is 5.60 Å². The summed E-state index contributed by atoms with van der Waals surface area (Å²) in [6.07, 6.45) is 0.823. The minimum atomic E-state index is -0.478. The molecule has 8 nitrogen and oxygen atoms in total. The third-order valence-electron chi connectivity index (χ3n) is 4.90. The molecule has 1 aromatic rings. The molecule has 0 aromatic heterocycles. The first-order valence-corrected chi connectivity index (χ1v) is 11.0. The lowest BCUT2D eigenvalue weighted by Crippen LogP contribution is -2.50. The number of piperazine rings is 1. The third-order valence-corrected chi connectivity index (χ3v) is 4.90. The predicted molar refractivity (Wildman–Crippen MR) is 120 cm³/mol. The van der Waals surface area contributed by atoms with Gasteiger partial charge in [-0.15, -0.1) is 0 Å². The molecular weight excluding hydrogens is 396 g/mol. The van der Waals surface area contributed by atoms with Crippen LogP contribution in [0.5, 0.6) is 0 Å². The molecule has 0 aliphatic carbocycles. The number of amides is 3. The second-order valence-electron chi connectivity index (χ2n) is 8.96. The normalized spacial score (nSPS) is 15.8. The van der Waals surface area contributed by atoms with Gasteiger partial charge in [0.05, 0.1) is 0 Å². The van der Waals surface area contributed by atoms with Crippen molar-refractivity contribution in [2.24, 2.45) is 0 Å². The van der Waals surface area contributed by atoms with E-state index in [4.69, 9.17) is 4.74 Å². The van der Waals surface area contributed by atoms with Gasteiger partial charge in [0.2, 0.25) is 5.91 Å². The average Bonchev–Trinajstić information content (AvgIpc) is 2.71. The molecule has 1 saturated heterocycles. The molecule has 0 radical (unpaired) electrons. The first-order chi connectivity index (χ1) is 14.6. The fourth-order valence-electron chi connectivity index (χ4n) is 3.31. The second kappa shape index (κ2) is 11.7. The molecule has 3 amide bonds. The lowest BCUT2D eigenvalue weighted by atomic mass is 10.1. The SMILES string of the molecule is CC(CC(=O)NCCCN1CCN(C(=O)OC(C)(C)C)CC1)NC(=O)c1ccccc1. The lowest BCUT2D eigenvalue weighted by molar-refractivity contribution is -0.121. The number of hydrogen-bond donors (Lipinski definition) is 2. The van der Waals surface area contributed by atoms with Crippen molar-refractivity contribution in [2.75, 3.05) is 39.3 Å². The Labute approximate surface area is 185 Å². The van der Waals surface area contributed by atoms with Crippen molar-refractivity contribution >= 4 is 17.9 Å². The van der Waals surface area contributed by atoms with E-state index in [1.807, 2.05) is 45.9 Å². The Kier molecular flexibility index (Phi) is 9.30. The minimum absolute atomic E-state index is 0.0735. The summed E-state index contributed by atoms with van der Waals surface area (Å²) >= 11 is 0. The van der Waals surface area contributed by atoms with Crippen molar-refractivity contribution in [3.05, 3.63) is 35.9 Å². The van der Waals surface area contributed by atoms with Gasteiger partial charge in [-0.3, -0.25) is 14.5 Å². The number of ether oxygens (including phenoxy) is 1. The summed E-state index contributed by atoms with van der Waals surface area (Å²) in [7, 11) is 0. The Balaban J connectivity index is 1.57. The monoisotopic (exact) mass is 432 g/mol. The summed E-state index contributed by atoms with van der Waals surface area (Å²) in [4.78, 5) is 40.4. The predicted octanol–water partition coefficient (Wildman–Crippen LogP) is 2.25. The lowest BCUT2D eigenvalue weighted by Gasteiger charge is -2.35. The molecule has 0 spiro atoms. The molecule has 1 heterocycles. The number of nitrogens with one attached hydrogen (secondary N) is 2. The fourth-order valence-corrected chi connectivity index (χ4v) is 3.31. The standard InChI is InChI=1S/C23H36N4O4/c1-18(25-21(29)19-9-6-5-7-10-19)17-20(28)24-11-8-12-26-13-15-27(16-14-26)22(30)31-23(2,3)4/h5-7,9-10,18H,8,11-17H2,1-4H3,(H,24,28)(H,25,29). The van der Waals surface area contributed by atoms with Crippen LogP contribution in [0.25, 0.3) is 0 Å². The molecule has 1 unspecified atom stereocenters. The van der Waals surface area contributed by atoms with E-state index in [9.17, 15) is 14.4 Å². The first kappa shape index (κ1) is 24.7. The van der Waals surface area contributed by atoms with Crippen LogP contribution in [0, 0.1) is 0 Å². The summed E-state index contributed by atoms with van der Waals surface area (Å²) < 4.78 is 5.41. The van der Waals surface area contributed by atoms with Gasteiger partial charge in [-0.25, -0.2) is 4.79 Å². The zero-order valence-corrected chi connectivity index (χ0v) is 19.1. The number of carbonyl (C=O) groups is 3. The summed E-state index contributed by atoms with van der Waals surface area (Å²) in [5.41, 5.74) is 0.107. The number of rotatable bonds is 8. The molecule has 1 aromatic carbocycles. The number of hydrogen-bond acceptors (Lipinski definition) is 5. The molecule has 31 heavy (non-hydrogen) atoms. The Morgan fingerprint density at radius 2 is 1.71 bits per heavy atom. The van der Waals surface area contributed by atoms with Crippen LogP contribution in [-0.4, -0.2) is 78.6 Å². The van der Waals surface area contributed by atoms with Crippen LogP contribution in [0.1, 0.15) is 50.9 Å². The molecule has 2 N–H and O–H groups in total. The highest BCUT2D eigenvalue weighted by Gasteiger charge is 2.25. The van der Waals surface area contributed by atoms with Crippen molar-refractivity contribution in [2.45, 2.75) is 52.2 Å². The summed E-state index contributed by atoms with van der Waals surface area (Å²) in [6.45, 7) is 11.8. The highest BCUT2D eigenvalue weighted by Crippen LogP contribution is 2.12. The maximum atomic E-state index is 12.1. The maximum Gasteiger partial charge on any atom is 0.410 e. The molecule has 172 valence electrons. The van der Waals surface area contributed by atoms with Gasteiger partial charge >= 0.3 is 6.09 Å². The molecule has 1 aliphatic heterocycles. The first-order valence-electron chi connectivity index (χ1n) is 11.0. The zero-order chi connectivity index (χ0) is 22.9. The third kappa shape index (κ3) is 9.38. The van der Waals surface area contributed by atoms with Gasteiger partial charge in [0, 0.05) is 50.7 Å². The van der Waals surface area contributed by atoms with E-state index in [0.717, 1.165) is 26.1 Å². The average molecular weight is 433 g/mol. The van der Waals surface area contributed by atoms with Crippen LogP contribution in [0.4, 0.5) is 4.79 Å². The van der Waals surface area contributed by atoms with Crippen molar-refractivity contribution in [3.8, 4) is 0 Å². The Bertz CT molecular complexity index is 725.